The van der Waals surface area contributed by atoms with Crippen LogP contribution in [-0.4, -0.2) is 51.8 Å². The van der Waals surface area contributed by atoms with Gasteiger partial charge in [0.15, 0.2) is 5.82 Å². The minimum absolute atomic E-state index is 0.0500. The van der Waals surface area contributed by atoms with Crippen LogP contribution in [0.1, 0.15) is 77.1 Å². The molecule has 2 heterocycles. The lowest BCUT2D eigenvalue weighted by molar-refractivity contribution is 0.0697. The number of carboxylic acid groups (broad SMARTS) is 1. The zero-order valence-electron chi connectivity index (χ0n) is 19.9. The summed E-state index contributed by atoms with van der Waals surface area (Å²) < 4.78 is 5.77. The highest BCUT2D eigenvalue weighted by molar-refractivity contribution is 5.87. The Morgan fingerprint density at radius 3 is 2.51 bits per heavy atom. The summed E-state index contributed by atoms with van der Waals surface area (Å²) in [4.78, 5) is 18.3. The first-order valence-corrected chi connectivity index (χ1v) is 12.8. The van der Waals surface area contributed by atoms with Crippen LogP contribution >= 0.6 is 0 Å². The van der Waals surface area contributed by atoms with Crippen molar-refractivity contribution in [2.75, 3.05) is 19.6 Å². The maximum Gasteiger partial charge on any atom is 0.335 e. The number of piperidine rings is 1. The van der Waals surface area contributed by atoms with E-state index in [2.05, 4.69) is 45.7 Å². The topological polar surface area (TPSA) is 91.5 Å². The first-order chi connectivity index (χ1) is 17.1. The SMILES string of the molecule is O=C(O)c1ccc(CN2CCC(c3nc(C4(CN[C@H]5C[C@@H]5c5ccccc5)CC4)no3)CC2)cc1. The predicted octanol–water partition coefficient (Wildman–Crippen LogP) is 4.32. The summed E-state index contributed by atoms with van der Waals surface area (Å²) in [5, 5.41) is 17.3. The molecule has 3 fully saturated rings. The van der Waals surface area contributed by atoms with Crippen LogP contribution in [0.5, 0.6) is 0 Å². The molecule has 0 spiro atoms. The molecular formula is C28H32N4O3. The molecule has 0 amide bonds. The highest BCUT2D eigenvalue weighted by atomic mass is 16.5. The third-order valence-electron chi connectivity index (χ3n) is 8.03. The second-order valence-corrected chi connectivity index (χ2v) is 10.5. The number of carboxylic acids is 1. The fraction of sp³-hybridized carbons (Fsp3) is 0.464. The van der Waals surface area contributed by atoms with E-state index < -0.39 is 5.97 Å². The molecule has 35 heavy (non-hydrogen) atoms. The highest BCUT2D eigenvalue weighted by Crippen LogP contribution is 2.48. The van der Waals surface area contributed by atoms with Crippen LogP contribution in [0.3, 0.4) is 0 Å². The Morgan fingerprint density at radius 1 is 1.09 bits per heavy atom. The lowest BCUT2D eigenvalue weighted by Crippen LogP contribution is -2.32. The molecule has 1 aromatic heterocycles. The molecule has 0 unspecified atom stereocenters. The molecule has 182 valence electrons. The van der Waals surface area contributed by atoms with Crippen molar-refractivity contribution in [1.29, 1.82) is 0 Å². The van der Waals surface area contributed by atoms with Gasteiger partial charge >= 0.3 is 5.97 Å². The van der Waals surface area contributed by atoms with E-state index in [1.807, 2.05) is 12.1 Å². The molecule has 2 N–H and O–H groups in total. The summed E-state index contributed by atoms with van der Waals surface area (Å²) in [6, 6.07) is 18.5. The summed E-state index contributed by atoms with van der Waals surface area (Å²) >= 11 is 0. The van der Waals surface area contributed by atoms with E-state index in [0.717, 1.165) is 69.1 Å². The second kappa shape index (κ2) is 9.21. The molecule has 7 heteroatoms. The number of hydrogen-bond donors (Lipinski definition) is 2. The number of aromatic nitrogens is 2. The molecule has 2 atom stereocenters. The van der Waals surface area contributed by atoms with Crippen LogP contribution in [0.15, 0.2) is 59.1 Å². The van der Waals surface area contributed by atoms with Gasteiger partial charge < -0.3 is 14.9 Å². The normalized spacial score (nSPS) is 23.8. The highest BCUT2D eigenvalue weighted by Gasteiger charge is 2.50. The molecule has 1 aliphatic heterocycles. The first kappa shape index (κ1) is 22.4. The van der Waals surface area contributed by atoms with Gasteiger partial charge in [-0.05, 0) is 68.5 Å². The number of benzene rings is 2. The zero-order chi connectivity index (χ0) is 23.8. The summed E-state index contributed by atoms with van der Waals surface area (Å²) in [5.41, 5.74) is 2.95. The third kappa shape index (κ3) is 4.88. The molecule has 6 rings (SSSR count). The monoisotopic (exact) mass is 472 g/mol. The lowest BCUT2D eigenvalue weighted by Gasteiger charge is -2.30. The van der Waals surface area contributed by atoms with Gasteiger partial charge in [-0.1, -0.05) is 47.6 Å². The first-order valence-electron chi connectivity index (χ1n) is 12.8. The van der Waals surface area contributed by atoms with Crippen molar-refractivity contribution < 1.29 is 14.4 Å². The van der Waals surface area contributed by atoms with Crippen LogP contribution in [0, 0.1) is 0 Å². The fourth-order valence-electron chi connectivity index (χ4n) is 5.41. The van der Waals surface area contributed by atoms with E-state index >= 15 is 0 Å². The standard InChI is InChI=1S/C28H32N4O3/c33-26(34)22-8-6-19(7-9-22)17-32-14-10-21(11-15-32)25-30-27(31-35-25)28(12-13-28)18-29-24-16-23(24)20-4-2-1-3-5-20/h1-9,21,23-24,29H,10-18H2,(H,33,34)/t23-,24+/m1/s1. The fourth-order valence-corrected chi connectivity index (χ4v) is 5.41. The molecule has 3 aromatic rings. The van der Waals surface area contributed by atoms with Gasteiger partial charge in [0.1, 0.15) is 0 Å². The Balaban J connectivity index is 0.995. The Bertz CT molecular complexity index is 1160. The number of carbonyl (C=O) groups is 1. The van der Waals surface area contributed by atoms with Crippen molar-refractivity contribution in [3.8, 4) is 0 Å². The van der Waals surface area contributed by atoms with Gasteiger partial charge in [-0.3, -0.25) is 4.90 Å². The van der Waals surface area contributed by atoms with Crippen molar-refractivity contribution in [3.05, 3.63) is 83.0 Å². The zero-order valence-corrected chi connectivity index (χ0v) is 19.9. The molecule has 7 nitrogen and oxygen atoms in total. The summed E-state index contributed by atoms with van der Waals surface area (Å²) in [7, 11) is 0. The van der Waals surface area contributed by atoms with Crippen molar-refractivity contribution in [1.82, 2.24) is 20.4 Å². The van der Waals surface area contributed by atoms with Crippen molar-refractivity contribution in [2.45, 2.75) is 61.9 Å². The van der Waals surface area contributed by atoms with Crippen molar-refractivity contribution in [3.63, 3.8) is 0 Å². The molecule has 0 radical (unpaired) electrons. The number of aromatic carboxylic acids is 1. The van der Waals surface area contributed by atoms with Gasteiger partial charge in [0.05, 0.1) is 5.56 Å². The van der Waals surface area contributed by atoms with Gasteiger partial charge in [0.2, 0.25) is 5.89 Å². The van der Waals surface area contributed by atoms with E-state index in [9.17, 15) is 4.79 Å². The van der Waals surface area contributed by atoms with E-state index in [1.54, 1.807) is 12.1 Å². The van der Waals surface area contributed by atoms with Crippen LogP contribution in [-0.2, 0) is 12.0 Å². The largest absolute Gasteiger partial charge is 0.478 e. The number of rotatable bonds is 9. The summed E-state index contributed by atoms with van der Waals surface area (Å²) in [6.45, 7) is 3.71. The average molecular weight is 473 g/mol. The van der Waals surface area contributed by atoms with E-state index in [-0.39, 0.29) is 5.41 Å². The third-order valence-corrected chi connectivity index (χ3v) is 8.03. The van der Waals surface area contributed by atoms with Crippen LogP contribution in [0.25, 0.3) is 0 Å². The molecule has 3 aliphatic rings. The van der Waals surface area contributed by atoms with Crippen molar-refractivity contribution >= 4 is 5.97 Å². The summed E-state index contributed by atoms with van der Waals surface area (Å²) in [6.07, 6.45) is 5.46. The number of likely N-dealkylation sites (tertiary alicyclic amines) is 1. The summed E-state index contributed by atoms with van der Waals surface area (Å²) in [5.74, 6) is 1.75. The molecule has 2 aliphatic carbocycles. The maximum absolute atomic E-state index is 11.0. The van der Waals surface area contributed by atoms with Gasteiger partial charge in [0.25, 0.3) is 0 Å². The number of nitrogens with one attached hydrogen (secondary N) is 1. The number of hydrogen-bond acceptors (Lipinski definition) is 6. The van der Waals surface area contributed by atoms with Gasteiger partial charge in [-0.2, -0.15) is 4.98 Å². The van der Waals surface area contributed by atoms with E-state index in [4.69, 9.17) is 14.6 Å². The van der Waals surface area contributed by atoms with Crippen molar-refractivity contribution in [2.24, 2.45) is 0 Å². The number of nitrogens with zero attached hydrogens (tertiary/aromatic N) is 3. The van der Waals surface area contributed by atoms with Gasteiger partial charge in [0, 0.05) is 36.4 Å². The minimum Gasteiger partial charge on any atom is -0.478 e. The Hall–Kier alpha value is -3.03. The smallest absolute Gasteiger partial charge is 0.335 e. The van der Waals surface area contributed by atoms with Crippen LogP contribution < -0.4 is 5.32 Å². The Labute approximate surface area is 205 Å². The van der Waals surface area contributed by atoms with Gasteiger partial charge in [-0.15, -0.1) is 0 Å². The van der Waals surface area contributed by atoms with Crippen LogP contribution in [0.2, 0.25) is 0 Å². The molecule has 0 bridgehead atoms. The van der Waals surface area contributed by atoms with Gasteiger partial charge in [-0.25, -0.2) is 4.79 Å². The maximum atomic E-state index is 11.0. The second-order valence-electron chi connectivity index (χ2n) is 10.5. The average Bonchev–Trinajstić information content (AvgIpc) is 3.80. The van der Waals surface area contributed by atoms with E-state index in [0.29, 0.717) is 23.4 Å². The predicted molar refractivity (Wildman–Crippen MR) is 131 cm³/mol. The molecule has 2 aromatic carbocycles. The van der Waals surface area contributed by atoms with E-state index in [1.165, 1.54) is 12.0 Å². The lowest BCUT2D eigenvalue weighted by atomic mass is 9.96. The van der Waals surface area contributed by atoms with Crippen LogP contribution in [0.4, 0.5) is 0 Å². The molecule has 1 saturated heterocycles. The molecular weight excluding hydrogens is 440 g/mol. The Kier molecular flexibility index (Phi) is 5.90. The quantitative estimate of drug-likeness (QED) is 0.479. The minimum atomic E-state index is -0.885. The molecule has 2 saturated carbocycles. The Morgan fingerprint density at radius 2 is 1.83 bits per heavy atom.